The molecular weight excluding hydrogens is 574 g/mol. The Morgan fingerprint density at radius 1 is 0.886 bits per heavy atom. The van der Waals surface area contributed by atoms with Crippen molar-refractivity contribution < 1.29 is 23.8 Å². The zero-order valence-corrected chi connectivity index (χ0v) is 26.4. The number of esters is 2. The van der Waals surface area contributed by atoms with Gasteiger partial charge in [0.1, 0.15) is 17.2 Å². The van der Waals surface area contributed by atoms with Crippen molar-refractivity contribution in [1.82, 2.24) is 4.90 Å². The first-order valence-corrected chi connectivity index (χ1v) is 15.7. The van der Waals surface area contributed by atoms with Crippen LogP contribution in [0.25, 0.3) is 0 Å². The van der Waals surface area contributed by atoms with Crippen LogP contribution in [0.4, 0.5) is 0 Å². The summed E-state index contributed by atoms with van der Waals surface area (Å²) in [6, 6.07) is 24.0. The predicted octanol–water partition coefficient (Wildman–Crippen LogP) is 7.78. The lowest BCUT2D eigenvalue weighted by atomic mass is 9.93. The Bertz CT molecular complexity index is 1400. The molecule has 0 heterocycles. The molecule has 44 heavy (non-hydrogen) atoms. The highest BCUT2D eigenvalue weighted by atomic mass is 35.5. The van der Waals surface area contributed by atoms with E-state index in [-0.39, 0.29) is 11.9 Å². The number of ether oxygens (including phenoxy) is 3. The van der Waals surface area contributed by atoms with Crippen molar-refractivity contribution in [1.29, 1.82) is 0 Å². The van der Waals surface area contributed by atoms with Crippen molar-refractivity contribution in [3.05, 3.63) is 125 Å². The summed E-state index contributed by atoms with van der Waals surface area (Å²) in [5, 5.41) is 0. The van der Waals surface area contributed by atoms with Gasteiger partial charge in [0.05, 0.1) is 19.3 Å². The normalized spacial score (nSPS) is 13.5. The van der Waals surface area contributed by atoms with Crippen LogP contribution in [0.1, 0.15) is 65.2 Å². The van der Waals surface area contributed by atoms with Crippen LogP contribution in [0.3, 0.4) is 0 Å². The molecule has 0 spiro atoms. The first-order valence-electron chi connectivity index (χ1n) is 15.3. The molecular formula is C37H42ClNO5. The molecule has 7 heteroatoms. The number of rotatable bonds is 16. The molecule has 232 valence electrons. The van der Waals surface area contributed by atoms with Gasteiger partial charge in [0.25, 0.3) is 0 Å². The smallest absolute Gasteiger partial charge is 0.337 e. The minimum Gasteiger partial charge on any atom is -0.489 e. The molecule has 0 saturated heterocycles. The average molecular weight is 616 g/mol. The van der Waals surface area contributed by atoms with Gasteiger partial charge in [0.2, 0.25) is 0 Å². The molecule has 0 bridgehead atoms. The maximum absolute atomic E-state index is 11.9. The summed E-state index contributed by atoms with van der Waals surface area (Å²) in [6.07, 6.45) is 12.0. The number of halogens is 1. The van der Waals surface area contributed by atoms with Crippen molar-refractivity contribution in [3.63, 3.8) is 0 Å². The Hall–Kier alpha value is -3.87. The monoisotopic (exact) mass is 615 g/mol. The molecule has 0 aromatic heterocycles. The number of nitrogens with zero attached hydrogens (tertiary/aromatic N) is 1. The summed E-state index contributed by atoms with van der Waals surface area (Å²) in [5.74, 6) is 0.373. The highest BCUT2D eigenvalue weighted by Gasteiger charge is 2.24. The van der Waals surface area contributed by atoms with E-state index in [1.165, 1.54) is 7.11 Å². The standard InChI is InChI=1S/C37H42ClNO5/c1-3-43-35(40)13-7-10-25-39(27-29-14-18-32(19-15-29)36(41)42-2)26-22-31-11-5-6-12-34(31)44-28-30-16-20-33(21-17-30)37(38)23-8-4-9-24-37/h5-6,8-9,11-12,14-21,23-24H,3-4,7,10,13,22,25-28H2,1-2H3. The fourth-order valence-electron chi connectivity index (χ4n) is 5.18. The van der Waals surface area contributed by atoms with Crippen molar-refractivity contribution in [2.24, 2.45) is 0 Å². The van der Waals surface area contributed by atoms with E-state index in [1.54, 1.807) is 12.1 Å². The first kappa shape index (κ1) is 33.0. The lowest BCUT2D eigenvalue weighted by molar-refractivity contribution is -0.143. The molecule has 0 atom stereocenters. The molecule has 0 saturated carbocycles. The Kier molecular flexibility index (Phi) is 12.6. The molecule has 0 N–H and O–H groups in total. The first-order chi connectivity index (χ1) is 21.4. The van der Waals surface area contributed by atoms with Crippen LogP contribution in [-0.4, -0.2) is 43.6 Å². The van der Waals surface area contributed by atoms with E-state index < -0.39 is 4.87 Å². The third kappa shape index (κ3) is 9.83. The Balaban J connectivity index is 1.37. The van der Waals surface area contributed by atoms with Crippen LogP contribution in [0.5, 0.6) is 5.75 Å². The van der Waals surface area contributed by atoms with Crippen LogP contribution in [0.15, 0.2) is 97.1 Å². The van der Waals surface area contributed by atoms with E-state index in [4.69, 9.17) is 25.8 Å². The molecule has 1 aliphatic carbocycles. The molecule has 0 aliphatic heterocycles. The van der Waals surface area contributed by atoms with Gasteiger partial charge in [0.15, 0.2) is 0 Å². The number of hydrogen-bond acceptors (Lipinski definition) is 6. The summed E-state index contributed by atoms with van der Waals surface area (Å²) in [4.78, 5) is 25.5. The summed E-state index contributed by atoms with van der Waals surface area (Å²) in [5.41, 5.74) is 4.89. The van der Waals surface area contributed by atoms with E-state index in [0.29, 0.717) is 25.2 Å². The largest absolute Gasteiger partial charge is 0.489 e. The number of para-hydroxylation sites is 1. The quantitative estimate of drug-likeness (QED) is 0.0709. The van der Waals surface area contributed by atoms with Crippen LogP contribution >= 0.6 is 11.6 Å². The fourth-order valence-corrected chi connectivity index (χ4v) is 5.49. The van der Waals surface area contributed by atoms with Crippen molar-refractivity contribution >= 4 is 23.5 Å². The summed E-state index contributed by atoms with van der Waals surface area (Å²) >= 11 is 6.80. The van der Waals surface area contributed by atoms with Gasteiger partial charge in [-0.05, 0) is 79.6 Å². The topological polar surface area (TPSA) is 65.1 Å². The van der Waals surface area contributed by atoms with E-state index in [1.807, 2.05) is 49.4 Å². The van der Waals surface area contributed by atoms with E-state index in [0.717, 1.165) is 73.3 Å². The summed E-state index contributed by atoms with van der Waals surface area (Å²) < 4.78 is 16.2. The van der Waals surface area contributed by atoms with Gasteiger partial charge < -0.3 is 14.2 Å². The number of unbranched alkanes of at least 4 members (excludes halogenated alkanes) is 1. The number of carbonyl (C=O) groups is 2. The highest BCUT2D eigenvalue weighted by molar-refractivity contribution is 6.26. The maximum Gasteiger partial charge on any atom is 0.337 e. The van der Waals surface area contributed by atoms with Crippen LogP contribution < -0.4 is 4.74 Å². The number of carbonyl (C=O) groups excluding carboxylic acids is 2. The van der Waals surface area contributed by atoms with Crippen LogP contribution in [0, 0.1) is 0 Å². The molecule has 0 radical (unpaired) electrons. The number of methoxy groups -OCH3 is 1. The minimum absolute atomic E-state index is 0.150. The van der Waals surface area contributed by atoms with E-state index >= 15 is 0 Å². The lowest BCUT2D eigenvalue weighted by Crippen LogP contribution is -2.27. The third-order valence-electron chi connectivity index (χ3n) is 7.65. The molecule has 0 fully saturated rings. The molecule has 0 unspecified atom stereocenters. The van der Waals surface area contributed by atoms with E-state index in [2.05, 4.69) is 47.4 Å². The van der Waals surface area contributed by atoms with E-state index in [9.17, 15) is 9.59 Å². The van der Waals surface area contributed by atoms with Crippen LogP contribution in [0.2, 0.25) is 0 Å². The highest BCUT2D eigenvalue weighted by Crippen LogP contribution is 2.35. The van der Waals surface area contributed by atoms with Crippen LogP contribution in [-0.2, 0) is 38.7 Å². The number of hydrogen-bond donors (Lipinski definition) is 0. The molecule has 1 aliphatic rings. The fraction of sp³-hybridized carbons (Fsp3) is 0.351. The SMILES string of the molecule is CCOC(=O)CCCCN(CCc1ccccc1OCc1ccc(C2(Cl)C=CCC=C2)cc1)Cc1ccc(C(=O)OC)cc1. The Morgan fingerprint density at radius 3 is 2.30 bits per heavy atom. The Labute approximate surface area is 266 Å². The molecule has 0 amide bonds. The predicted molar refractivity (Wildman–Crippen MR) is 175 cm³/mol. The Morgan fingerprint density at radius 2 is 1.59 bits per heavy atom. The maximum atomic E-state index is 11.9. The van der Waals surface area contributed by atoms with Gasteiger partial charge in [0, 0.05) is 19.5 Å². The zero-order valence-electron chi connectivity index (χ0n) is 25.7. The van der Waals surface area contributed by atoms with Gasteiger partial charge in [-0.15, -0.1) is 11.6 Å². The summed E-state index contributed by atoms with van der Waals surface area (Å²) in [6.45, 7) is 5.06. The van der Waals surface area contributed by atoms with Crippen molar-refractivity contribution in [3.8, 4) is 5.75 Å². The average Bonchev–Trinajstić information content (AvgIpc) is 3.05. The van der Waals surface area contributed by atoms with Gasteiger partial charge in [-0.1, -0.05) is 78.9 Å². The lowest BCUT2D eigenvalue weighted by Gasteiger charge is -2.23. The second-order valence-corrected chi connectivity index (χ2v) is 11.5. The van der Waals surface area contributed by atoms with Gasteiger partial charge >= 0.3 is 11.9 Å². The number of allylic oxidation sites excluding steroid dienone is 4. The minimum atomic E-state index is -0.585. The van der Waals surface area contributed by atoms with Gasteiger partial charge in [-0.25, -0.2) is 4.79 Å². The molecule has 6 nitrogen and oxygen atoms in total. The number of benzene rings is 3. The second kappa shape index (κ2) is 16.8. The third-order valence-corrected chi connectivity index (χ3v) is 8.12. The molecule has 3 aromatic carbocycles. The van der Waals surface area contributed by atoms with Gasteiger partial charge in [-0.3, -0.25) is 9.69 Å². The number of alkyl halides is 1. The summed E-state index contributed by atoms with van der Waals surface area (Å²) in [7, 11) is 1.38. The van der Waals surface area contributed by atoms with Gasteiger partial charge in [-0.2, -0.15) is 0 Å². The second-order valence-electron chi connectivity index (χ2n) is 10.9. The molecule has 3 aromatic rings. The zero-order chi connectivity index (χ0) is 31.2. The molecule has 4 rings (SSSR count). The van der Waals surface area contributed by atoms with Crippen molar-refractivity contribution in [2.75, 3.05) is 26.8 Å². The van der Waals surface area contributed by atoms with Crippen molar-refractivity contribution in [2.45, 2.75) is 57.1 Å².